The van der Waals surface area contributed by atoms with Crippen molar-refractivity contribution in [2.24, 2.45) is 0 Å². The molecular formula is C19H20N2O5. The number of rotatable bonds is 7. The first kappa shape index (κ1) is 19.0. The maximum atomic E-state index is 12.1. The van der Waals surface area contributed by atoms with Crippen molar-refractivity contribution in [1.29, 1.82) is 0 Å². The molecule has 0 bridgehead atoms. The molecule has 7 nitrogen and oxygen atoms in total. The molecule has 0 saturated carbocycles. The number of amides is 2. The second-order valence-corrected chi connectivity index (χ2v) is 5.35. The molecule has 0 aliphatic rings. The summed E-state index contributed by atoms with van der Waals surface area (Å²) in [6.45, 7) is 0.245. The van der Waals surface area contributed by atoms with Gasteiger partial charge in [-0.15, -0.1) is 0 Å². The van der Waals surface area contributed by atoms with Crippen LogP contribution in [0, 0.1) is 0 Å². The summed E-state index contributed by atoms with van der Waals surface area (Å²) >= 11 is 0. The Morgan fingerprint density at radius 2 is 1.62 bits per heavy atom. The van der Waals surface area contributed by atoms with Crippen molar-refractivity contribution >= 4 is 23.5 Å². The van der Waals surface area contributed by atoms with E-state index < -0.39 is 17.8 Å². The molecule has 2 N–H and O–H groups in total. The molecule has 2 aromatic rings. The van der Waals surface area contributed by atoms with Crippen LogP contribution in [0.4, 0.5) is 5.69 Å². The molecule has 2 aromatic carbocycles. The predicted octanol–water partition coefficient (Wildman–Crippen LogP) is 2.13. The van der Waals surface area contributed by atoms with Crippen LogP contribution < -0.4 is 15.4 Å². The molecular weight excluding hydrogens is 336 g/mol. The van der Waals surface area contributed by atoms with E-state index in [1.807, 2.05) is 18.2 Å². The Morgan fingerprint density at radius 1 is 0.923 bits per heavy atom. The minimum Gasteiger partial charge on any atom is -0.496 e. The number of para-hydroxylation sites is 2. The summed E-state index contributed by atoms with van der Waals surface area (Å²) in [6.07, 6.45) is -0.370. The summed E-state index contributed by atoms with van der Waals surface area (Å²) in [7, 11) is 2.80. The Hall–Kier alpha value is -3.35. The summed E-state index contributed by atoms with van der Waals surface area (Å²) in [5.41, 5.74) is 1.32. The normalized spacial score (nSPS) is 9.92. The third-order valence-electron chi connectivity index (χ3n) is 3.60. The highest BCUT2D eigenvalue weighted by Gasteiger charge is 2.15. The maximum Gasteiger partial charge on any atom is 0.339 e. The Balaban J connectivity index is 1.92. The number of methoxy groups -OCH3 is 2. The molecule has 0 radical (unpaired) electrons. The van der Waals surface area contributed by atoms with Gasteiger partial charge in [0.05, 0.1) is 25.5 Å². The molecule has 0 aromatic heterocycles. The van der Waals surface area contributed by atoms with Gasteiger partial charge >= 0.3 is 5.97 Å². The summed E-state index contributed by atoms with van der Waals surface area (Å²) in [5, 5.41) is 5.22. The second kappa shape index (κ2) is 9.22. The summed E-state index contributed by atoms with van der Waals surface area (Å²) in [6, 6.07) is 13.7. The first-order valence-corrected chi connectivity index (χ1v) is 7.91. The minimum absolute atomic E-state index is 0.220. The average Bonchev–Trinajstić information content (AvgIpc) is 2.66. The van der Waals surface area contributed by atoms with Crippen molar-refractivity contribution in [1.82, 2.24) is 5.32 Å². The topological polar surface area (TPSA) is 93.7 Å². The van der Waals surface area contributed by atoms with Gasteiger partial charge in [0.15, 0.2) is 0 Å². The summed E-state index contributed by atoms with van der Waals surface area (Å²) in [5.74, 6) is -0.881. The molecule has 0 aliphatic heterocycles. The third kappa shape index (κ3) is 5.07. The smallest absolute Gasteiger partial charge is 0.339 e. The quantitative estimate of drug-likeness (QED) is 0.585. The number of anilines is 1. The van der Waals surface area contributed by atoms with Crippen LogP contribution in [0.25, 0.3) is 0 Å². The van der Waals surface area contributed by atoms with Gasteiger partial charge in [-0.3, -0.25) is 9.59 Å². The fraction of sp³-hybridized carbons (Fsp3) is 0.211. The highest BCUT2D eigenvalue weighted by molar-refractivity contribution is 6.06. The lowest BCUT2D eigenvalue weighted by Gasteiger charge is -2.11. The number of carbonyl (C=O) groups excluding carboxylic acids is 3. The van der Waals surface area contributed by atoms with E-state index in [0.717, 1.165) is 5.56 Å². The van der Waals surface area contributed by atoms with Gasteiger partial charge in [-0.1, -0.05) is 30.3 Å². The Kier molecular flexibility index (Phi) is 6.73. The van der Waals surface area contributed by atoms with E-state index in [-0.39, 0.29) is 18.5 Å². The predicted molar refractivity (Wildman–Crippen MR) is 95.9 cm³/mol. The molecule has 0 fully saturated rings. The van der Waals surface area contributed by atoms with Crippen LogP contribution in [-0.4, -0.2) is 32.0 Å². The van der Waals surface area contributed by atoms with Gasteiger partial charge in [-0.25, -0.2) is 4.79 Å². The minimum atomic E-state index is -0.568. The monoisotopic (exact) mass is 356 g/mol. The Bertz CT molecular complexity index is 804. The van der Waals surface area contributed by atoms with Crippen molar-refractivity contribution in [2.45, 2.75) is 13.0 Å². The Morgan fingerprint density at radius 3 is 2.35 bits per heavy atom. The number of esters is 1. The van der Waals surface area contributed by atoms with Gasteiger partial charge in [0.1, 0.15) is 12.2 Å². The number of nitrogens with one attached hydrogen (secondary N) is 2. The van der Waals surface area contributed by atoms with Crippen molar-refractivity contribution in [2.75, 3.05) is 19.5 Å². The fourth-order valence-corrected chi connectivity index (χ4v) is 2.33. The molecule has 0 spiro atoms. The van der Waals surface area contributed by atoms with E-state index in [4.69, 9.17) is 4.74 Å². The highest BCUT2D eigenvalue weighted by Crippen LogP contribution is 2.17. The first-order chi connectivity index (χ1) is 12.5. The number of hydrogen-bond donors (Lipinski definition) is 2. The molecule has 26 heavy (non-hydrogen) atoms. The van der Waals surface area contributed by atoms with Crippen LogP contribution in [0.3, 0.4) is 0 Å². The summed E-state index contributed by atoms with van der Waals surface area (Å²) in [4.78, 5) is 35.8. The summed E-state index contributed by atoms with van der Waals surface area (Å²) < 4.78 is 9.88. The fourth-order valence-electron chi connectivity index (χ4n) is 2.33. The van der Waals surface area contributed by atoms with Crippen LogP contribution in [0.2, 0.25) is 0 Å². The number of hydrogen-bond acceptors (Lipinski definition) is 5. The average molecular weight is 356 g/mol. The highest BCUT2D eigenvalue weighted by atomic mass is 16.5. The van der Waals surface area contributed by atoms with Gasteiger partial charge in [-0.05, 0) is 18.2 Å². The van der Waals surface area contributed by atoms with Crippen molar-refractivity contribution < 1.29 is 23.9 Å². The standard InChI is InChI=1S/C19H20N2O5/c1-25-16-10-6-3-7-13(16)12-20-17(22)11-18(23)21-15-9-5-4-8-14(15)19(24)26-2/h3-10H,11-12H2,1-2H3,(H,20,22)(H,21,23). The van der Waals surface area contributed by atoms with E-state index in [0.29, 0.717) is 11.4 Å². The van der Waals surface area contributed by atoms with Gasteiger partial charge in [0.25, 0.3) is 0 Å². The number of ether oxygens (including phenoxy) is 2. The lowest BCUT2D eigenvalue weighted by atomic mass is 10.1. The van der Waals surface area contributed by atoms with Gasteiger partial charge in [-0.2, -0.15) is 0 Å². The molecule has 2 amide bonds. The molecule has 136 valence electrons. The molecule has 0 aliphatic carbocycles. The zero-order valence-electron chi connectivity index (χ0n) is 14.6. The van der Waals surface area contributed by atoms with Gasteiger partial charge < -0.3 is 20.1 Å². The van der Waals surface area contributed by atoms with Gasteiger partial charge in [0.2, 0.25) is 11.8 Å². The van der Waals surface area contributed by atoms with Crippen molar-refractivity contribution in [3.8, 4) is 5.75 Å². The van der Waals surface area contributed by atoms with Crippen LogP contribution in [0.1, 0.15) is 22.3 Å². The first-order valence-electron chi connectivity index (χ1n) is 7.91. The maximum absolute atomic E-state index is 12.1. The lowest BCUT2D eigenvalue weighted by molar-refractivity contribution is -0.126. The van der Waals surface area contributed by atoms with Crippen LogP contribution in [0.5, 0.6) is 5.75 Å². The zero-order valence-corrected chi connectivity index (χ0v) is 14.6. The molecule has 0 saturated heterocycles. The second-order valence-electron chi connectivity index (χ2n) is 5.35. The molecule has 2 rings (SSSR count). The van der Waals surface area contributed by atoms with Crippen LogP contribution in [0.15, 0.2) is 48.5 Å². The van der Waals surface area contributed by atoms with Gasteiger partial charge in [0, 0.05) is 12.1 Å². The van der Waals surface area contributed by atoms with Crippen molar-refractivity contribution in [3.05, 3.63) is 59.7 Å². The van der Waals surface area contributed by atoms with E-state index in [1.54, 1.807) is 31.4 Å². The molecule has 0 heterocycles. The van der Waals surface area contributed by atoms with E-state index in [2.05, 4.69) is 15.4 Å². The number of benzene rings is 2. The number of carbonyl (C=O) groups is 3. The SMILES string of the molecule is COC(=O)c1ccccc1NC(=O)CC(=O)NCc1ccccc1OC. The molecule has 7 heteroatoms. The largest absolute Gasteiger partial charge is 0.496 e. The third-order valence-corrected chi connectivity index (χ3v) is 3.60. The lowest BCUT2D eigenvalue weighted by Crippen LogP contribution is -2.28. The Labute approximate surface area is 151 Å². The van der Waals surface area contributed by atoms with E-state index in [1.165, 1.54) is 13.2 Å². The molecule has 0 atom stereocenters. The van der Waals surface area contributed by atoms with Crippen molar-refractivity contribution in [3.63, 3.8) is 0 Å². The van der Waals surface area contributed by atoms with E-state index >= 15 is 0 Å². The van der Waals surface area contributed by atoms with Crippen LogP contribution in [-0.2, 0) is 20.9 Å². The van der Waals surface area contributed by atoms with E-state index in [9.17, 15) is 14.4 Å². The van der Waals surface area contributed by atoms with Crippen LogP contribution >= 0.6 is 0 Å². The zero-order chi connectivity index (χ0) is 18.9. The molecule has 0 unspecified atom stereocenters.